The highest BCUT2D eigenvalue weighted by atomic mass is 35.5. The van der Waals surface area contributed by atoms with Gasteiger partial charge in [0.05, 0.1) is 29.8 Å². The molecule has 124 valence electrons. The van der Waals surface area contributed by atoms with E-state index in [2.05, 4.69) is 4.98 Å². The largest absolute Gasteiger partial charge is 0.377 e. The summed E-state index contributed by atoms with van der Waals surface area (Å²) in [4.78, 5) is 30.8. The zero-order valence-electron chi connectivity index (χ0n) is 13.0. The SMILES string of the molecule is O=C(C[C@@H]1COCCN1C(=O)c1ccncc1Cl)c1ccccc1. The van der Waals surface area contributed by atoms with E-state index >= 15 is 0 Å². The number of ether oxygens (including phenoxy) is 1. The number of rotatable bonds is 4. The Morgan fingerprint density at radius 2 is 2.04 bits per heavy atom. The Labute approximate surface area is 145 Å². The van der Waals surface area contributed by atoms with Gasteiger partial charge in [0.25, 0.3) is 5.91 Å². The summed E-state index contributed by atoms with van der Waals surface area (Å²) < 4.78 is 5.47. The molecule has 1 amide bonds. The first kappa shape index (κ1) is 16.6. The number of ketones is 1. The van der Waals surface area contributed by atoms with Gasteiger partial charge in [-0.15, -0.1) is 0 Å². The van der Waals surface area contributed by atoms with Gasteiger partial charge >= 0.3 is 0 Å². The number of aromatic nitrogens is 1. The molecule has 0 N–H and O–H groups in total. The molecule has 1 atom stereocenters. The second-order valence-electron chi connectivity index (χ2n) is 5.58. The molecule has 0 unspecified atom stereocenters. The summed E-state index contributed by atoms with van der Waals surface area (Å²) in [5, 5.41) is 0.308. The summed E-state index contributed by atoms with van der Waals surface area (Å²) in [7, 11) is 0. The maximum atomic E-state index is 12.8. The number of pyridine rings is 1. The van der Waals surface area contributed by atoms with Gasteiger partial charge in [-0.3, -0.25) is 14.6 Å². The van der Waals surface area contributed by atoms with Gasteiger partial charge in [0.15, 0.2) is 5.78 Å². The predicted octanol–water partition coefficient (Wildman–Crippen LogP) is 2.85. The number of amides is 1. The Morgan fingerprint density at radius 3 is 2.79 bits per heavy atom. The van der Waals surface area contributed by atoms with E-state index in [0.29, 0.717) is 35.9 Å². The highest BCUT2D eigenvalue weighted by Crippen LogP contribution is 2.21. The zero-order chi connectivity index (χ0) is 16.9. The first-order chi connectivity index (χ1) is 11.7. The Balaban J connectivity index is 1.77. The number of carbonyl (C=O) groups excluding carboxylic acids is 2. The van der Waals surface area contributed by atoms with Gasteiger partial charge < -0.3 is 9.64 Å². The molecule has 3 rings (SSSR count). The molecule has 1 aromatic heterocycles. The molecule has 5 nitrogen and oxygen atoms in total. The highest BCUT2D eigenvalue weighted by Gasteiger charge is 2.30. The van der Waals surface area contributed by atoms with Crippen LogP contribution in [0.4, 0.5) is 0 Å². The quantitative estimate of drug-likeness (QED) is 0.800. The molecule has 1 aliphatic heterocycles. The lowest BCUT2D eigenvalue weighted by molar-refractivity contribution is -0.00280. The molecule has 1 aromatic carbocycles. The van der Waals surface area contributed by atoms with E-state index in [9.17, 15) is 9.59 Å². The summed E-state index contributed by atoms with van der Waals surface area (Å²) in [5.41, 5.74) is 1.03. The fraction of sp³-hybridized carbons (Fsp3) is 0.278. The van der Waals surface area contributed by atoms with E-state index in [4.69, 9.17) is 16.3 Å². The van der Waals surface area contributed by atoms with Crippen molar-refractivity contribution in [3.63, 3.8) is 0 Å². The fourth-order valence-corrected chi connectivity index (χ4v) is 2.95. The van der Waals surface area contributed by atoms with Crippen molar-refractivity contribution in [2.75, 3.05) is 19.8 Å². The van der Waals surface area contributed by atoms with Crippen molar-refractivity contribution in [1.29, 1.82) is 0 Å². The first-order valence-electron chi connectivity index (χ1n) is 7.73. The van der Waals surface area contributed by atoms with Crippen LogP contribution in [0.5, 0.6) is 0 Å². The van der Waals surface area contributed by atoms with E-state index in [1.807, 2.05) is 18.2 Å². The molecular formula is C18H17ClN2O3. The van der Waals surface area contributed by atoms with Gasteiger partial charge in [0.1, 0.15) is 0 Å². The number of nitrogens with zero attached hydrogens (tertiary/aromatic N) is 2. The minimum Gasteiger partial charge on any atom is -0.377 e. The minimum atomic E-state index is -0.303. The molecule has 2 aromatic rings. The summed E-state index contributed by atoms with van der Waals surface area (Å²) in [6.07, 6.45) is 3.20. The standard InChI is InChI=1S/C18H17ClN2O3/c19-16-11-20-7-6-15(16)18(23)21-8-9-24-12-14(21)10-17(22)13-4-2-1-3-5-13/h1-7,11,14H,8-10,12H2/t14-/m1/s1. The maximum absolute atomic E-state index is 12.8. The predicted molar refractivity (Wildman–Crippen MR) is 90.3 cm³/mol. The number of Topliss-reactive ketones (excluding diaryl/α,β-unsaturated/α-hetero) is 1. The molecule has 0 bridgehead atoms. The number of halogens is 1. The van der Waals surface area contributed by atoms with Crippen molar-refractivity contribution in [2.45, 2.75) is 12.5 Å². The minimum absolute atomic E-state index is 0.00951. The first-order valence-corrected chi connectivity index (χ1v) is 8.11. The van der Waals surface area contributed by atoms with E-state index < -0.39 is 0 Å². The van der Waals surface area contributed by atoms with Crippen LogP contribution < -0.4 is 0 Å². The molecule has 0 aliphatic carbocycles. The molecule has 1 aliphatic rings. The molecule has 6 heteroatoms. The Hall–Kier alpha value is -2.24. The van der Waals surface area contributed by atoms with Gasteiger partial charge in [-0.25, -0.2) is 0 Å². The molecule has 0 spiro atoms. The smallest absolute Gasteiger partial charge is 0.255 e. The van der Waals surface area contributed by atoms with Gasteiger partial charge in [-0.05, 0) is 6.07 Å². The van der Waals surface area contributed by atoms with Crippen molar-refractivity contribution in [3.05, 3.63) is 64.9 Å². The monoisotopic (exact) mass is 344 g/mol. The van der Waals surface area contributed by atoms with Crippen LogP contribution in [0.1, 0.15) is 27.1 Å². The maximum Gasteiger partial charge on any atom is 0.255 e. The van der Waals surface area contributed by atoms with Crippen molar-refractivity contribution in [3.8, 4) is 0 Å². The third kappa shape index (κ3) is 3.63. The Kier molecular flexibility index (Phi) is 5.23. The van der Waals surface area contributed by atoms with Gasteiger partial charge in [-0.1, -0.05) is 41.9 Å². The second kappa shape index (κ2) is 7.55. The third-order valence-electron chi connectivity index (χ3n) is 4.01. The molecule has 1 saturated heterocycles. The molecule has 24 heavy (non-hydrogen) atoms. The zero-order valence-corrected chi connectivity index (χ0v) is 13.8. The Morgan fingerprint density at radius 1 is 1.25 bits per heavy atom. The number of carbonyl (C=O) groups is 2. The van der Waals surface area contributed by atoms with Gasteiger partial charge in [-0.2, -0.15) is 0 Å². The second-order valence-corrected chi connectivity index (χ2v) is 5.98. The van der Waals surface area contributed by atoms with Crippen LogP contribution in [0, 0.1) is 0 Å². The molecular weight excluding hydrogens is 328 g/mol. The molecule has 0 saturated carbocycles. The van der Waals surface area contributed by atoms with Crippen LogP contribution in [0.25, 0.3) is 0 Å². The lowest BCUT2D eigenvalue weighted by Gasteiger charge is -2.35. The normalized spacial score (nSPS) is 17.5. The van der Waals surface area contributed by atoms with Gasteiger partial charge in [0, 0.05) is 30.9 Å². The van der Waals surface area contributed by atoms with Crippen LogP contribution in [-0.2, 0) is 4.74 Å². The van der Waals surface area contributed by atoms with Crippen LogP contribution in [0.2, 0.25) is 5.02 Å². The van der Waals surface area contributed by atoms with E-state index in [-0.39, 0.29) is 24.2 Å². The topological polar surface area (TPSA) is 59.5 Å². The van der Waals surface area contributed by atoms with Gasteiger partial charge in [0.2, 0.25) is 0 Å². The van der Waals surface area contributed by atoms with Crippen molar-refractivity contribution >= 4 is 23.3 Å². The van der Waals surface area contributed by atoms with E-state index in [0.717, 1.165) is 0 Å². The summed E-state index contributed by atoms with van der Waals surface area (Å²) in [6.45, 7) is 1.22. The molecule has 2 heterocycles. The van der Waals surface area contributed by atoms with Crippen molar-refractivity contribution < 1.29 is 14.3 Å². The number of morpholine rings is 1. The third-order valence-corrected chi connectivity index (χ3v) is 4.31. The molecule has 0 radical (unpaired) electrons. The summed E-state index contributed by atoms with van der Waals surface area (Å²) in [5.74, 6) is -0.207. The van der Waals surface area contributed by atoms with Crippen LogP contribution >= 0.6 is 11.6 Å². The summed E-state index contributed by atoms with van der Waals surface area (Å²) in [6, 6.07) is 10.4. The van der Waals surface area contributed by atoms with Crippen molar-refractivity contribution in [2.24, 2.45) is 0 Å². The van der Waals surface area contributed by atoms with Crippen LogP contribution in [0.3, 0.4) is 0 Å². The number of hydrogen-bond acceptors (Lipinski definition) is 4. The lowest BCUT2D eigenvalue weighted by atomic mass is 10.0. The van der Waals surface area contributed by atoms with E-state index in [1.165, 1.54) is 12.4 Å². The molecule has 1 fully saturated rings. The van der Waals surface area contributed by atoms with Crippen molar-refractivity contribution in [1.82, 2.24) is 9.88 Å². The average Bonchev–Trinajstić information content (AvgIpc) is 2.63. The number of benzene rings is 1. The fourth-order valence-electron chi connectivity index (χ4n) is 2.75. The Bertz CT molecular complexity index is 736. The highest BCUT2D eigenvalue weighted by molar-refractivity contribution is 6.33. The number of hydrogen-bond donors (Lipinski definition) is 0. The van der Waals surface area contributed by atoms with E-state index in [1.54, 1.807) is 23.1 Å². The van der Waals surface area contributed by atoms with Crippen LogP contribution in [-0.4, -0.2) is 47.4 Å². The lowest BCUT2D eigenvalue weighted by Crippen LogP contribution is -2.49. The average molecular weight is 345 g/mol. The summed E-state index contributed by atoms with van der Waals surface area (Å²) >= 11 is 6.08. The van der Waals surface area contributed by atoms with Crippen LogP contribution in [0.15, 0.2) is 48.8 Å².